The molecule has 2 aromatic rings. The molecule has 0 aliphatic carbocycles. The van der Waals surface area contributed by atoms with Gasteiger partial charge in [-0.1, -0.05) is 39.0 Å². The van der Waals surface area contributed by atoms with E-state index in [2.05, 4.69) is 22.3 Å². The number of Topliss-reactive ketones (excluding diaryl/α,β-unsaturated/α-hetero) is 1. The lowest BCUT2D eigenvalue weighted by Gasteiger charge is -2.32. The number of carbonyl (C=O) groups excluding carboxylic acids is 2. The molecule has 1 amide bonds. The summed E-state index contributed by atoms with van der Waals surface area (Å²) in [5.41, 5.74) is 4.20. The third-order valence-corrected chi connectivity index (χ3v) is 5.86. The molecule has 1 unspecified atom stereocenters. The molecule has 0 radical (unpaired) electrons. The van der Waals surface area contributed by atoms with Crippen molar-refractivity contribution in [2.24, 2.45) is 5.41 Å². The van der Waals surface area contributed by atoms with Crippen LogP contribution in [0.1, 0.15) is 71.5 Å². The van der Waals surface area contributed by atoms with Crippen molar-refractivity contribution in [3.8, 4) is 0 Å². The van der Waals surface area contributed by atoms with Crippen molar-refractivity contribution in [2.45, 2.75) is 46.1 Å². The fourth-order valence-electron chi connectivity index (χ4n) is 4.36. The highest BCUT2D eigenvalue weighted by molar-refractivity contribution is 6.07. The summed E-state index contributed by atoms with van der Waals surface area (Å²) in [7, 11) is 0. The van der Waals surface area contributed by atoms with Gasteiger partial charge in [-0.05, 0) is 61.2 Å². The van der Waals surface area contributed by atoms with Gasteiger partial charge in [-0.25, -0.2) is 0 Å². The Morgan fingerprint density at radius 2 is 1.82 bits per heavy atom. The molecule has 4 rings (SSSR count). The minimum Gasteiger partial charge on any atom is -0.322 e. The lowest BCUT2D eigenvalue weighted by atomic mass is 9.86. The third-order valence-electron chi connectivity index (χ3n) is 5.86. The summed E-state index contributed by atoms with van der Waals surface area (Å²) in [5.74, 6) is -0.139. The zero-order valence-electron chi connectivity index (χ0n) is 16.9. The van der Waals surface area contributed by atoms with Crippen molar-refractivity contribution in [3.63, 3.8) is 0 Å². The van der Waals surface area contributed by atoms with Crippen LogP contribution in [0.2, 0.25) is 0 Å². The molecule has 1 saturated heterocycles. The average Bonchev–Trinajstić information content (AvgIpc) is 3.16. The number of benzene rings is 2. The zero-order chi connectivity index (χ0) is 19.9. The second-order valence-corrected chi connectivity index (χ2v) is 8.97. The van der Waals surface area contributed by atoms with Gasteiger partial charge in [0, 0.05) is 34.8 Å². The molecular weight excluding hydrogens is 348 g/mol. The lowest BCUT2D eigenvalue weighted by molar-refractivity contribution is 0.0858. The van der Waals surface area contributed by atoms with Gasteiger partial charge in [-0.3, -0.25) is 14.5 Å². The lowest BCUT2D eigenvalue weighted by Crippen LogP contribution is -2.31. The van der Waals surface area contributed by atoms with Crippen LogP contribution in [0.3, 0.4) is 0 Å². The Labute approximate surface area is 166 Å². The van der Waals surface area contributed by atoms with Crippen molar-refractivity contribution in [2.75, 3.05) is 18.4 Å². The molecule has 2 aliphatic heterocycles. The van der Waals surface area contributed by atoms with E-state index in [1.54, 1.807) is 24.3 Å². The summed E-state index contributed by atoms with van der Waals surface area (Å²) < 4.78 is 0. The van der Waals surface area contributed by atoms with Crippen LogP contribution in [0, 0.1) is 5.41 Å². The first-order chi connectivity index (χ1) is 13.3. The van der Waals surface area contributed by atoms with Gasteiger partial charge < -0.3 is 5.32 Å². The van der Waals surface area contributed by atoms with E-state index >= 15 is 0 Å². The van der Waals surface area contributed by atoms with Crippen molar-refractivity contribution in [3.05, 3.63) is 64.7 Å². The van der Waals surface area contributed by atoms with E-state index < -0.39 is 5.41 Å². The highest BCUT2D eigenvalue weighted by Crippen LogP contribution is 2.38. The fourth-order valence-corrected chi connectivity index (χ4v) is 4.36. The maximum Gasteiger partial charge on any atom is 0.255 e. The van der Waals surface area contributed by atoms with Gasteiger partial charge in [-0.15, -0.1) is 0 Å². The average molecular weight is 377 g/mol. The maximum absolute atomic E-state index is 12.8. The van der Waals surface area contributed by atoms with E-state index in [9.17, 15) is 9.59 Å². The van der Waals surface area contributed by atoms with E-state index in [-0.39, 0.29) is 11.7 Å². The topological polar surface area (TPSA) is 49.4 Å². The first-order valence-electron chi connectivity index (χ1n) is 10.2. The Balaban J connectivity index is 1.55. The minimum atomic E-state index is -0.471. The van der Waals surface area contributed by atoms with Crippen LogP contribution in [0.15, 0.2) is 42.5 Å². The van der Waals surface area contributed by atoms with Crippen LogP contribution in [-0.4, -0.2) is 29.7 Å². The Morgan fingerprint density at radius 1 is 1.04 bits per heavy atom. The van der Waals surface area contributed by atoms with Gasteiger partial charge in [0.25, 0.3) is 5.91 Å². The van der Waals surface area contributed by atoms with Crippen molar-refractivity contribution in [1.29, 1.82) is 0 Å². The van der Waals surface area contributed by atoms with E-state index in [1.807, 2.05) is 26.8 Å². The number of carbonyl (C=O) groups is 2. The predicted octanol–water partition coefficient (Wildman–Crippen LogP) is 4.86. The van der Waals surface area contributed by atoms with E-state index in [1.165, 1.54) is 30.5 Å². The third kappa shape index (κ3) is 3.61. The molecule has 28 heavy (non-hydrogen) atoms. The SMILES string of the molecule is CC(C)(C)C(=O)c1cccc(C(=O)Nc2ccc3c(c2)C2CCCN2CC3)c1. The normalized spacial score (nSPS) is 19.0. The van der Waals surface area contributed by atoms with Crippen molar-refractivity contribution >= 4 is 17.4 Å². The standard InChI is InChI=1S/C24H28N2O2/c1-24(2,3)22(27)17-6-4-7-18(14-17)23(28)25-19-10-9-16-11-13-26-12-5-8-21(26)20(16)15-19/h4,6-7,9-10,14-15,21H,5,8,11-13H2,1-3H3,(H,25,28). The molecule has 1 atom stereocenters. The molecule has 2 aliphatic rings. The summed E-state index contributed by atoms with van der Waals surface area (Å²) in [6.45, 7) is 7.98. The van der Waals surface area contributed by atoms with Gasteiger partial charge >= 0.3 is 0 Å². The van der Waals surface area contributed by atoms with Crippen LogP contribution in [0.4, 0.5) is 5.69 Å². The summed E-state index contributed by atoms with van der Waals surface area (Å²) in [5, 5.41) is 3.02. The second-order valence-electron chi connectivity index (χ2n) is 8.97. The quantitative estimate of drug-likeness (QED) is 0.778. The smallest absolute Gasteiger partial charge is 0.255 e. The number of ketones is 1. The van der Waals surface area contributed by atoms with Gasteiger partial charge in [0.05, 0.1) is 0 Å². The molecule has 0 saturated carbocycles. The minimum absolute atomic E-state index is 0.0391. The van der Waals surface area contributed by atoms with Crippen molar-refractivity contribution in [1.82, 2.24) is 4.90 Å². The number of hydrogen-bond acceptors (Lipinski definition) is 3. The van der Waals surface area contributed by atoms with E-state index in [4.69, 9.17) is 0 Å². The summed E-state index contributed by atoms with van der Waals surface area (Å²) in [6.07, 6.45) is 3.52. The Hall–Kier alpha value is -2.46. The van der Waals surface area contributed by atoms with E-state index in [0.29, 0.717) is 17.2 Å². The summed E-state index contributed by atoms with van der Waals surface area (Å²) >= 11 is 0. The first-order valence-corrected chi connectivity index (χ1v) is 10.2. The molecule has 0 aromatic heterocycles. The van der Waals surface area contributed by atoms with Gasteiger partial charge in [0.15, 0.2) is 5.78 Å². The Kier molecular flexibility index (Phi) is 4.84. The van der Waals surface area contributed by atoms with Crippen LogP contribution in [0.5, 0.6) is 0 Å². The summed E-state index contributed by atoms with van der Waals surface area (Å²) in [4.78, 5) is 27.9. The Morgan fingerprint density at radius 3 is 2.61 bits per heavy atom. The molecule has 146 valence electrons. The molecule has 1 fully saturated rings. The number of fused-ring (bicyclic) bond motifs is 3. The monoisotopic (exact) mass is 376 g/mol. The molecule has 2 aromatic carbocycles. The molecular formula is C24H28N2O2. The highest BCUT2D eigenvalue weighted by Gasteiger charge is 2.31. The summed E-state index contributed by atoms with van der Waals surface area (Å²) in [6, 6.07) is 13.8. The fraction of sp³-hybridized carbons (Fsp3) is 0.417. The molecule has 0 bridgehead atoms. The number of anilines is 1. The number of nitrogens with zero attached hydrogens (tertiary/aromatic N) is 1. The maximum atomic E-state index is 12.8. The van der Waals surface area contributed by atoms with Gasteiger partial charge in [0.1, 0.15) is 0 Å². The van der Waals surface area contributed by atoms with Gasteiger partial charge in [-0.2, -0.15) is 0 Å². The van der Waals surface area contributed by atoms with Crippen LogP contribution < -0.4 is 5.32 Å². The highest BCUT2D eigenvalue weighted by atomic mass is 16.1. The molecule has 4 heteroatoms. The first kappa shape index (κ1) is 18.9. The van der Waals surface area contributed by atoms with Crippen LogP contribution >= 0.6 is 0 Å². The largest absolute Gasteiger partial charge is 0.322 e. The number of amides is 1. The van der Waals surface area contributed by atoms with Crippen LogP contribution in [0.25, 0.3) is 0 Å². The Bertz CT molecular complexity index is 926. The van der Waals surface area contributed by atoms with Crippen LogP contribution in [-0.2, 0) is 6.42 Å². The zero-order valence-corrected chi connectivity index (χ0v) is 16.9. The van der Waals surface area contributed by atoms with Gasteiger partial charge in [0.2, 0.25) is 0 Å². The second kappa shape index (κ2) is 7.17. The predicted molar refractivity (Wildman–Crippen MR) is 112 cm³/mol. The molecule has 1 N–H and O–H groups in total. The van der Waals surface area contributed by atoms with Crippen molar-refractivity contribution < 1.29 is 9.59 Å². The molecule has 0 spiro atoms. The number of rotatable bonds is 3. The number of nitrogens with one attached hydrogen (secondary N) is 1. The number of hydrogen-bond donors (Lipinski definition) is 1. The molecule has 2 heterocycles. The van der Waals surface area contributed by atoms with E-state index in [0.717, 1.165) is 18.7 Å². The molecule has 4 nitrogen and oxygen atoms in total.